The van der Waals surface area contributed by atoms with E-state index in [-0.39, 0.29) is 12.2 Å². The number of rotatable bonds is 5. The zero-order valence-corrected chi connectivity index (χ0v) is 14.4. The first-order valence-corrected chi connectivity index (χ1v) is 8.69. The summed E-state index contributed by atoms with van der Waals surface area (Å²) in [7, 11) is 0. The van der Waals surface area contributed by atoms with Crippen LogP contribution >= 0.6 is 0 Å². The highest BCUT2D eigenvalue weighted by atomic mass is 16.7. The van der Waals surface area contributed by atoms with Gasteiger partial charge in [-0.3, -0.25) is 9.78 Å². The third-order valence-electron chi connectivity index (χ3n) is 4.19. The number of amides is 1. The Hall–Kier alpha value is -3.15. The fraction of sp³-hybridized carbons (Fsp3) is 0.250. The molecule has 0 spiro atoms. The molecule has 6 heteroatoms. The summed E-state index contributed by atoms with van der Waals surface area (Å²) in [6.45, 7) is 2.48. The van der Waals surface area contributed by atoms with Crippen molar-refractivity contribution >= 4 is 16.9 Å². The van der Waals surface area contributed by atoms with Crippen molar-refractivity contribution in [2.24, 2.45) is 0 Å². The maximum absolute atomic E-state index is 12.4. The van der Waals surface area contributed by atoms with Gasteiger partial charge in [-0.05, 0) is 48.4 Å². The van der Waals surface area contributed by atoms with Crippen molar-refractivity contribution in [1.82, 2.24) is 15.3 Å². The molecule has 1 atom stereocenters. The second kappa shape index (κ2) is 7.00. The van der Waals surface area contributed by atoms with Gasteiger partial charge in [0, 0.05) is 19.2 Å². The highest BCUT2D eigenvalue weighted by molar-refractivity contribution is 5.94. The molecule has 0 fully saturated rings. The number of aromatic nitrogens is 2. The van der Waals surface area contributed by atoms with E-state index >= 15 is 0 Å². The van der Waals surface area contributed by atoms with E-state index < -0.39 is 0 Å². The minimum absolute atomic E-state index is 0.213. The SMILES string of the molecule is CCC[C@@H]1Oc2ccc(CNC(=O)c3ccc4ncccc4n3)cc2O1. The van der Waals surface area contributed by atoms with E-state index in [2.05, 4.69) is 22.2 Å². The topological polar surface area (TPSA) is 73.3 Å². The van der Waals surface area contributed by atoms with E-state index in [0.717, 1.165) is 35.4 Å². The number of pyridine rings is 2. The molecule has 1 amide bonds. The molecule has 1 aliphatic rings. The number of nitrogens with one attached hydrogen (secondary N) is 1. The van der Waals surface area contributed by atoms with Gasteiger partial charge in [-0.1, -0.05) is 13.0 Å². The van der Waals surface area contributed by atoms with Gasteiger partial charge in [0.25, 0.3) is 5.91 Å². The maximum Gasteiger partial charge on any atom is 0.270 e. The Balaban J connectivity index is 1.42. The molecule has 3 aromatic rings. The van der Waals surface area contributed by atoms with E-state index in [1.165, 1.54) is 0 Å². The van der Waals surface area contributed by atoms with E-state index in [1.807, 2.05) is 24.3 Å². The summed E-state index contributed by atoms with van der Waals surface area (Å²) in [5.74, 6) is 1.25. The van der Waals surface area contributed by atoms with Crippen LogP contribution in [0, 0.1) is 0 Å². The zero-order chi connectivity index (χ0) is 17.9. The summed E-state index contributed by atoms with van der Waals surface area (Å²) in [4.78, 5) is 20.9. The van der Waals surface area contributed by atoms with Crippen molar-refractivity contribution in [3.8, 4) is 11.5 Å². The third kappa shape index (κ3) is 3.31. The number of hydrogen-bond acceptors (Lipinski definition) is 5. The smallest absolute Gasteiger partial charge is 0.270 e. The first-order valence-electron chi connectivity index (χ1n) is 8.69. The molecule has 0 aliphatic carbocycles. The predicted molar refractivity (Wildman–Crippen MR) is 97.1 cm³/mol. The second-order valence-corrected chi connectivity index (χ2v) is 6.16. The summed E-state index contributed by atoms with van der Waals surface area (Å²) in [5, 5.41) is 2.89. The van der Waals surface area contributed by atoms with Crippen molar-refractivity contribution in [3.63, 3.8) is 0 Å². The Labute approximate surface area is 151 Å². The molecule has 0 saturated carbocycles. The molecule has 3 heterocycles. The molecule has 1 N–H and O–H groups in total. The second-order valence-electron chi connectivity index (χ2n) is 6.16. The molecule has 4 rings (SSSR count). The lowest BCUT2D eigenvalue weighted by Gasteiger charge is -2.07. The zero-order valence-electron chi connectivity index (χ0n) is 14.4. The molecule has 0 saturated heterocycles. The van der Waals surface area contributed by atoms with Crippen LogP contribution in [0.1, 0.15) is 35.8 Å². The quantitative estimate of drug-likeness (QED) is 0.764. The number of benzene rings is 1. The van der Waals surface area contributed by atoms with Crippen LogP contribution in [-0.2, 0) is 6.54 Å². The van der Waals surface area contributed by atoms with E-state index in [9.17, 15) is 4.79 Å². The first-order chi connectivity index (χ1) is 12.7. The summed E-state index contributed by atoms with van der Waals surface area (Å²) in [5.41, 5.74) is 2.78. The van der Waals surface area contributed by atoms with E-state index in [1.54, 1.807) is 24.4 Å². The molecular formula is C20H19N3O3. The van der Waals surface area contributed by atoms with Crippen LogP contribution in [0.5, 0.6) is 11.5 Å². The van der Waals surface area contributed by atoms with Crippen LogP contribution in [0.15, 0.2) is 48.7 Å². The number of ether oxygens (including phenoxy) is 2. The standard InChI is InChI=1S/C20H19N3O3/c1-2-4-19-25-17-9-6-13(11-18(17)26-19)12-22-20(24)16-8-7-14-15(23-16)5-3-10-21-14/h3,5-11,19H,2,4,12H2,1H3,(H,22,24)/t19-/m1/s1. The Morgan fingerprint density at radius 3 is 2.88 bits per heavy atom. The van der Waals surface area contributed by atoms with Gasteiger partial charge in [0.05, 0.1) is 11.0 Å². The molecule has 0 unspecified atom stereocenters. The summed E-state index contributed by atoms with van der Waals surface area (Å²) in [6.07, 6.45) is 3.34. The summed E-state index contributed by atoms with van der Waals surface area (Å²) >= 11 is 0. The number of hydrogen-bond donors (Lipinski definition) is 1. The molecule has 0 bridgehead atoms. The Morgan fingerprint density at radius 2 is 2.00 bits per heavy atom. The molecular weight excluding hydrogens is 330 g/mol. The average molecular weight is 349 g/mol. The van der Waals surface area contributed by atoms with Gasteiger partial charge in [-0.25, -0.2) is 4.98 Å². The van der Waals surface area contributed by atoms with Gasteiger partial charge in [0.1, 0.15) is 5.69 Å². The van der Waals surface area contributed by atoms with Gasteiger partial charge >= 0.3 is 0 Å². The van der Waals surface area contributed by atoms with Crippen LogP contribution in [-0.4, -0.2) is 22.2 Å². The number of carbonyl (C=O) groups excluding carboxylic acids is 1. The van der Waals surface area contributed by atoms with Crippen LogP contribution in [0.25, 0.3) is 11.0 Å². The van der Waals surface area contributed by atoms with Crippen molar-refractivity contribution in [2.45, 2.75) is 32.6 Å². The first kappa shape index (κ1) is 16.3. The lowest BCUT2D eigenvalue weighted by atomic mass is 10.2. The van der Waals surface area contributed by atoms with Crippen LogP contribution in [0.3, 0.4) is 0 Å². The van der Waals surface area contributed by atoms with Crippen molar-refractivity contribution in [3.05, 3.63) is 59.9 Å². The van der Waals surface area contributed by atoms with Crippen LogP contribution in [0.4, 0.5) is 0 Å². The fourth-order valence-corrected chi connectivity index (χ4v) is 2.87. The molecule has 0 radical (unpaired) electrons. The molecule has 1 aromatic carbocycles. The van der Waals surface area contributed by atoms with Crippen molar-refractivity contribution in [1.29, 1.82) is 0 Å². The number of fused-ring (bicyclic) bond motifs is 2. The predicted octanol–water partition coefficient (Wildman–Crippen LogP) is 3.46. The highest BCUT2D eigenvalue weighted by Gasteiger charge is 2.23. The lowest BCUT2D eigenvalue weighted by Crippen LogP contribution is -2.23. The third-order valence-corrected chi connectivity index (χ3v) is 4.19. The highest BCUT2D eigenvalue weighted by Crippen LogP contribution is 2.36. The molecule has 2 aromatic heterocycles. The van der Waals surface area contributed by atoms with Crippen molar-refractivity contribution in [2.75, 3.05) is 0 Å². The lowest BCUT2D eigenvalue weighted by molar-refractivity contribution is 0.0413. The van der Waals surface area contributed by atoms with Gasteiger partial charge in [0.15, 0.2) is 11.5 Å². The Morgan fingerprint density at radius 1 is 1.12 bits per heavy atom. The minimum atomic E-state index is -0.225. The van der Waals surface area contributed by atoms with E-state index in [4.69, 9.17) is 9.47 Å². The van der Waals surface area contributed by atoms with Crippen LogP contribution in [0.2, 0.25) is 0 Å². The number of nitrogens with zero attached hydrogens (tertiary/aromatic N) is 2. The van der Waals surface area contributed by atoms with Gasteiger partial charge in [0.2, 0.25) is 6.29 Å². The van der Waals surface area contributed by atoms with Gasteiger partial charge in [-0.15, -0.1) is 0 Å². The minimum Gasteiger partial charge on any atom is -0.451 e. The van der Waals surface area contributed by atoms with Gasteiger partial charge in [-0.2, -0.15) is 0 Å². The van der Waals surface area contributed by atoms with Crippen LogP contribution < -0.4 is 14.8 Å². The average Bonchev–Trinajstić information content (AvgIpc) is 3.07. The monoisotopic (exact) mass is 349 g/mol. The summed E-state index contributed by atoms with van der Waals surface area (Å²) in [6, 6.07) is 12.8. The Bertz CT molecular complexity index is 958. The normalized spacial score (nSPS) is 15.2. The summed E-state index contributed by atoms with van der Waals surface area (Å²) < 4.78 is 11.5. The Kier molecular flexibility index (Phi) is 4.39. The molecule has 26 heavy (non-hydrogen) atoms. The van der Waals surface area contributed by atoms with Gasteiger partial charge < -0.3 is 14.8 Å². The number of carbonyl (C=O) groups is 1. The molecule has 6 nitrogen and oxygen atoms in total. The molecule has 132 valence electrons. The van der Waals surface area contributed by atoms with Crippen molar-refractivity contribution < 1.29 is 14.3 Å². The fourth-order valence-electron chi connectivity index (χ4n) is 2.87. The maximum atomic E-state index is 12.4. The molecule has 1 aliphatic heterocycles. The largest absolute Gasteiger partial charge is 0.451 e. The van der Waals surface area contributed by atoms with E-state index in [0.29, 0.717) is 17.8 Å².